The zero-order chi connectivity index (χ0) is 16.4. The van der Waals surface area contributed by atoms with Gasteiger partial charge >= 0.3 is 0 Å². The molecule has 3 rings (SSSR count). The van der Waals surface area contributed by atoms with E-state index >= 15 is 0 Å². The topological polar surface area (TPSA) is 105 Å². The summed E-state index contributed by atoms with van der Waals surface area (Å²) in [6.07, 6.45) is 0.931. The number of nitro groups is 1. The fraction of sp³-hybridized carbons (Fsp3) is 0.533. The molecule has 0 radical (unpaired) electrons. The summed E-state index contributed by atoms with van der Waals surface area (Å²) in [6, 6.07) is 4.74. The van der Waals surface area contributed by atoms with Crippen molar-refractivity contribution in [2.24, 2.45) is 0 Å². The van der Waals surface area contributed by atoms with Crippen LogP contribution in [0.4, 0.5) is 11.4 Å². The quantitative estimate of drug-likeness (QED) is 0.470. The summed E-state index contributed by atoms with van der Waals surface area (Å²) in [5.41, 5.74) is 5.78. The molecule has 132 valence electrons. The molecule has 9 heteroatoms. The number of hydrogen-bond acceptors (Lipinski definition) is 6. The molecule has 2 heterocycles. The molecule has 1 atom stereocenters. The number of nitro benzene ring substituents is 1. The van der Waals surface area contributed by atoms with Crippen LogP contribution >= 0.6 is 12.4 Å². The van der Waals surface area contributed by atoms with Gasteiger partial charge in [0.25, 0.3) is 11.6 Å². The van der Waals surface area contributed by atoms with Crippen LogP contribution in [0.1, 0.15) is 16.8 Å². The van der Waals surface area contributed by atoms with Gasteiger partial charge in [0.1, 0.15) is 5.69 Å². The normalized spacial score (nSPS) is 21.3. The van der Waals surface area contributed by atoms with Gasteiger partial charge in [0.15, 0.2) is 0 Å². The van der Waals surface area contributed by atoms with Crippen molar-refractivity contribution in [2.75, 3.05) is 45.0 Å². The van der Waals surface area contributed by atoms with E-state index in [1.165, 1.54) is 12.1 Å². The van der Waals surface area contributed by atoms with Gasteiger partial charge in [-0.1, -0.05) is 6.07 Å². The molecular weight excluding hydrogens is 334 g/mol. The fourth-order valence-corrected chi connectivity index (χ4v) is 3.34. The highest BCUT2D eigenvalue weighted by Crippen LogP contribution is 2.27. The third kappa shape index (κ3) is 3.61. The van der Waals surface area contributed by atoms with E-state index in [2.05, 4.69) is 10.2 Å². The van der Waals surface area contributed by atoms with Crippen LogP contribution in [0.5, 0.6) is 0 Å². The number of rotatable bonds is 3. The summed E-state index contributed by atoms with van der Waals surface area (Å²) < 4.78 is 0. The number of nitrogen functional groups attached to an aromatic ring is 1. The zero-order valence-electron chi connectivity index (χ0n) is 13.3. The number of carbonyl (C=O) groups is 1. The first-order chi connectivity index (χ1) is 11.1. The van der Waals surface area contributed by atoms with Crippen LogP contribution in [0.25, 0.3) is 0 Å². The SMILES string of the molecule is Cl.Nc1c(C(=O)N2CCC(N3CCNCC3)C2)cccc1[N+](=O)[O-]. The van der Waals surface area contributed by atoms with E-state index in [1.807, 2.05) is 0 Å². The minimum Gasteiger partial charge on any atom is -0.393 e. The summed E-state index contributed by atoms with van der Waals surface area (Å²) in [6.45, 7) is 5.25. The molecule has 2 fully saturated rings. The van der Waals surface area contributed by atoms with Crippen LogP contribution < -0.4 is 11.1 Å². The van der Waals surface area contributed by atoms with Crippen molar-refractivity contribution in [1.82, 2.24) is 15.1 Å². The Morgan fingerprint density at radius 1 is 1.29 bits per heavy atom. The van der Waals surface area contributed by atoms with Gasteiger partial charge in [-0.25, -0.2) is 0 Å². The highest BCUT2D eigenvalue weighted by atomic mass is 35.5. The number of piperazine rings is 1. The number of nitrogens with two attached hydrogens (primary N) is 1. The lowest BCUT2D eigenvalue weighted by atomic mass is 10.1. The van der Waals surface area contributed by atoms with Crippen molar-refractivity contribution in [3.63, 3.8) is 0 Å². The molecule has 0 aliphatic carbocycles. The summed E-state index contributed by atoms with van der Waals surface area (Å²) in [5, 5.41) is 14.3. The fourth-order valence-electron chi connectivity index (χ4n) is 3.34. The third-order valence-electron chi connectivity index (χ3n) is 4.63. The standard InChI is InChI=1S/C15H21N5O3.ClH/c16-14-12(2-1-3-13(14)20(22)23)15(21)19-7-4-11(10-19)18-8-5-17-6-9-18;/h1-3,11,17H,4-10,16H2;1H. The molecule has 0 spiro atoms. The van der Waals surface area contributed by atoms with Crippen molar-refractivity contribution < 1.29 is 9.72 Å². The van der Waals surface area contributed by atoms with E-state index in [0.717, 1.165) is 32.6 Å². The first-order valence-corrected chi connectivity index (χ1v) is 7.85. The first-order valence-electron chi connectivity index (χ1n) is 7.85. The van der Waals surface area contributed by atoms with Crippen LogP contribution in [-0.2, 0) is 0 Å². The van der Waals surface area contributed by atoms with Crippen LogP contribution in [0.15, 0.2) is 18.2 Å². The molecule has 2 aliphatic heterocycles. The van der Waals surface area contributed by atoms with Crippen LogP contribution in [0.2, 0.25) is 0 Å². The van der Waals surface area contributed by atoms with E-state index in [0.29, 0.717) is 19.1 Å². The van der Waals surface area contributed by atoms with Crippen LogP contribution in [-0.4, -0.2) is 65.9 Å². The molecule has 3 N–H and O–H groups in total. The Kier molecular flexibility index (Phi) is 5.98. The van der Waals surface area contributed by atoms with E-state index in [1.54, 1.807) is 11.0 Å². The molecular formula is C15H22ClN5O3. The second-order valence-electron chi connectivity index (χ2n) is 5.98. The van der Waals surface area contributed by atoms with Crippen LogP contribution in [0.3, 0.4) is 0 Å². The number of benzene rings is 1. The maximum atomic E-state index is 12.7. The lowest BCUT2D eigenvalue weighted by Crippen LogP contribution is -2.49. The van der Waals surface area contributed by atoms with Crippen LogP contribution in [0, 0.1) is 10.1 Å². The molecule has 0 saturated carbocycles. The second kappa shape index (κ2) is 7.78. The molecule has 2 aliphatic rings. The lowest BCUT2D eigenvalue weighted by molar-refractivity contribution is -0.383. The maximum Gasteiger partial charge on any atom is 0.292 e. The highest BCUT2D eigenvalue weighted by Gasteiger charge is 2.32. The van der Waals surface area contributed by atoms with Crippen molar-refractivity contribution in [3.05, 3.63) is 33.9 Å². The van der Waals surface area contributed by atoms with Gasteiger partial charge in [0.2, 0.25) is 0 Å². The summed E-state index contributed by atoms with van der Waals surface area (Å²) in [4.78, 5) is 27.2. The van der Waals surface area contributed by atoms with Crippen molar-refractivity contribution >= 4 is 29.7 Å². The largest absolute Gasteiger partial charge is 0.393 e. The van der Waals surface area contributed by atoms with E-state index in [9.17, 15) is 14.9 Å². The smallest absolute Gasteiger partial charge is 0.292 e. The number of para-hydroxylation sites is 1. The predicted octanol–water partition coefficient (Wildman–Crippen LogP) is 0.719. The Bertz CT molecular complexity index is 621. The Morgan fingerprint density at radius 2 is 2.00 bits per heavy atom. The van der Waals surface area contributed by atoms with E-state index in [-0.39, 0.29) is 35.3 Å². The number of halogens is 1. The number of nitrogens with one attached hydrogen (secondary N) is 1. The average molecular weight is 356 g/mol. The minimum absolute atomic E-state index is 0. The van der Waals surface area contributed by atoms with Crippen molar-refractivity contribution in [1.29, 1.82) is 0 Å². The van der Waals surface area contributed by atoms with Gasteiger partial charge in [-0.2, -0.15) is 0 Å². The van der Waals surface area contributed by atoms with Gasteiger partial charge in [-0.15, -0.1) is 12.4 Å². The summed E-state index contributed by atoms with van der Waals surface area (Å²) in [7, 11) is 0. The molecule has 1 unspecified atom stereocenters. The zero-order valence-corrected chi connectivity index (χ0v) is 14.1. The first kappa shape index (κ1) is 18.4. The number of likely N-dealkylation sites (tertiary alicyclic amines) is 1. The Balaban J connectivity index is 0.00000208. The molecule has 2 saturated heterocycles. The number of carbonyl (C=O) groups excluding carboxylic acids is 1. The minimum atomic E-state index is -0.556. The highest BCUT2D eigenvalue weighted by molar-refractivity contribution is 6.01. The average Bonchev–Trinajstić information content (AvgIpc) is 3.05. The summed E-state index contributed by atoms with van der Waals surface area (Å²) in [5.74, 6) is -0.219. The predicted molar refractivity (Wildman–Crippen MR) is 93.5 cm³/mol. The third-order valence-corrected chi connectivity index (χ3v) is 4.63. The number of nitrogens with zero attached hydrogens (tertiary/aromatic N) is 3. The number of amides is 1. The van der Waals surface area contributed by atoms with Gasteiger partial charge in [-0.05, 0) is 12.5 Å². The number of hydrogen-bond donors (Lipinski definition) is 2. The van der Waals surface area contributed by atoms with Gasteiger partial charge < -0.3 is 16.0 Å². The second-order valence-corrected chi connectivity index (χ2v) is 5.98. The monoisotopic (exact) mass is 355 g/mol. The van der Waals surface area contributed by atoms with Crippen molar-refractivity contribution in [2.45, 2.75) is 12.5 Å². The molecule has 0 aromatic heterocycles. The van der Waals surface area contributed by atoms with Gasteiger partial charge in [0.05, 0.1) is 10.5 Å². The van der Waals surface area contributed by atoms with Crippen molar-refractivity contribution in [3.8, 4) is 0 Å². The number of anilines is 1. The van der Waals surface area contributed by atoms with E-state index in [4.69, 9.17) is 5.73 Å². The van der Waals surface area contributed by atoms with Gasteiger partial charge in [0, 0.05) is 51.4 Å². The Hall–Kier alpha value is -1.90. The molecule has 0 bridgehead atoms. The Morgan fingerprint density at radius 3 is 2.67 bits per heavy atom. The maximum absolute atomic E-state index is 12.7. The molecule has 8 nitrogen and oxygen atoms in total. The summed E-state index contributed by atoms with van der Waals surface area (Å²) >= 11 is 0. The lowest BCUT2D eigenvalue weighted by Gasteiger charge is -2.32. The molecule has 1 aromatic rings. The molecule has 1 amide bonds. The van der Waals surface area contributed by atoms with Gasteiger partial charge in [-0.3, -0.25) is 19.8 Å². The van der Waals surface area contributed by atoms with E-state index < -0.39 is 4.92 Å². The Labute approximate surface area is 146 Å². The molecule has 1 aromatic carbocycles. The molecule has 24 heavy (non-hydrogen) atoms.